The molecule has 140 valence electrons. The van der Waals surface area contributed by atoms with Crippen molar-refractivity contribution in [2.45, 2.75) is 37.4 Å². The van der Waals surface area contributed by atoms with Gasteiger partial charge in [-0.3, -0.25) is 24.0 Å². The second kappa shape index (κ2) is 10.1. The van der Waals surface area contributed by atoms with Crippen molar-refractivity contribution >= 4 is 35.8 Å². The van der Waals surface area contributed by atoms with Crippen molar-refractivity contribution in [1.82, 2.24) is 0 Å². The molecule has 0 fully saturated rings. The van der Waals surface area contributed by atoms with E-state index in [-0.39, 0.29) is 0 Å². The fourth-order valence-electron chi connectivity index (χ4n) is 1.24. The van der Waals surface area contributed by atoms with E-state index in [2.05, 4.69) is 9.47 Å². The van der Waals surface area contributed by atoms with Crippen molar-refractivity contribution in [1.29, 1.82) is 0 Å². The molecule has 0 rings (SSSR count). The summed E-state index contributed by atoms with van der Waals surface area (Å²) in [6.07, 6.45) is -2.44. The van der Waals surface area contributed by atoms with Gasteiger partial charge in [-0.2, -0.15) is 0 Å². The lowest BCUT2D eigenvalue weighted by molar-refractivity contribution is -0.166. The van der Waals surface area contributed by atoms with Gasteiger partial charge in [0.25, 0.3) is 0 Å². The minimum Gasteiger partial charge on any atom is -0.480 e. The van der Waals surface area contributed by atoms with E-state index in [0.29, 0.717) is 0 Å². The molecule has 8 N–H and O–H groups in total. The molecule has 25 heavy (non-hydrogen) atoms. The van der Waals surface area contributed by atoms with Crippen LogP contribution < -0.4 is 17.2 Å². The predicted molar refractivity (Wildman–Crippen MR) is 75.2 cm³/mol. The van der Waals surface area contributed by atoms with Crippen LogP contribution >= 0.6 is 0 Å². The molecule has 0 amide bonds. The predicted octanol–water partition coefficient (Wildman–Crippen LogP) is -3.55. The zero-order valence-corrected chi connectivity index (χ0v) is 12.7. The molecule has 2 unspecified atom stereocenters. The number of rotatable bonds is 9. The Labute approximate surface area is 140 Å². The maximum Gasteiger partial charge on any atom is 0.331 e. The van der Waals surface area contributed by atoms with E-state index in [4.69, 9.17) is 27.4 Å². The van der Waals surface area contributed by atoms with Crippen molar-refractivity contribution in [2.75, 3.05) is 0 Å². The van der Waals surface area contributed by atoms with Crippen molar-refractivity contribution < 1.29 is 48.5 Å². The van der Waals surface area contributed by atoms with Gasteiger partial charge in [0.2, 0.25) is 0 Å². The molecule has 13 heteroatoms. The molecule has 3 atom stereocenters. The summed E-state index contributed by atoms with van der Waals surface area (Å²) in [5, 5.41) is 17.0. The van der Waals surface area contributed by atoms with Crippen LogP contribution in [0.25, 0.3) is 0 Å². The molecule has 0 aliphatic carbocycles. The van der Waals surface area contributed by atoms with Crippen LogP contribution in [0.15, 0.2) is 0 Å². The van der Waals surface area contributed by atoms with Crippen molar-refractivity contribution in [3.05, 3.63) is 0 Å². The summed E-state index contributed by atoms with van der Waals surface area (Å²) in [7, 11) is 0. The molecule has 0 saturated heterocycles. The van der Waals surface area contributed by atoms with Gasteiger partial charge < -0.3 is 36.9 Å². The minimum atomic E-state index is -1.68. The number of esters is 4. The molecule has 13 nitrogen and oxygen atoms in total. The smallest absolute Gasteiger partial charge is 0.331 e. The summed E-state index contributed by atoms with van der Waals surface area (Å²) in [5.41, 5.74) is 15.4. The topological polar surface area (TPSA) is 239 Å². The van der Waals surface area contributed by atoms with Crippen molar-refractivity contribution in [3.63, 3.8) is 0 Å². The highest BCUT2D eigenvalue weighted by atomic mass is 16.6. The second-order valence-electron chi connectivity index (χ2n) is 4.75. The Kier molecular flexibility index (Phi) is 8.90. The summed E-state index contributed by atoms with van der Waals surface area (Å²) >= 11 is 0. The lowest BCUT2D eigenvalue weighted by atomic mass is 10.2. The molecule has 0 saturated carbocycles. The largest absolute Gasteiger partial charge is 0.480 e. The molecular formula is C12H17N3O10. The van der Waals surface area contributed by atoms with Gasteiger partial charge in [-0.05, 0) is 0 Å². The summed E-state index contributed by atoms with van der Waals surface area (Å²) in [4.78, 5) is 66.1. The van der Waals surface area contributed by atoms with E-state index in [0.717, 1.165) is 0 Å². The lowest BCUT2D eigenvalue weighted by Crippen LogP contribution is -2.39. The van der Waals surface area contributed by atoms with Gasteiger partial charge >= 0.3 is 35.8 Å². The summed E-state index contributed by atoms with van der Waals surface area (Å²) in [5.74, 6) is -8.13. The highest BCUT2D eigenvalue weighted by Gasteiger charge is 2.26. The van der Waals surface area contributed by atoms with Crippen LogP contribution in [0.4, 0.5) is 0 Å². The third-order valence-electron chi connectivity index (χ3n) is 2.54. The van der Waals surface area contributed by atoms with Crippen LogP contribution in [0.5, 0.6) is 0 Å². The second-order valence-corrected chi connectivity index (χ2v) is 4.75. The SMILES string of the molecule is NC(CC(=O)OC(=O)C[C@H](N)C(=O)OC(=O)CC(N)C(=O)O)C(=O)O. The summed E-state index contributed by atoms with van der Waals surface area (Å²) in [6.45, 7) is 0. The Balaban J connectivity index is 4.36. The fourth-order valence-corrected chi connectivity index (χ4v) is 1.24. The van der Waals surface area contributed by atoms with Gasteiger partial charge in [0.1, 0.15) is 18.1 Å². The van der Waals surface area contributed by atoms with Crippen molar-refractivity contribution in [3.8, 4) is 0 Å². The number of carbonyl (C=O) groups is 6. The molecule has 0 radical (unpaired) electrons. The molecule has 0 aromatic carbocycles. The number of hydrogen-bond acceptors (Lipinski definition) is 11. The zero-order chi connectivity index (χ0) is 19.7. The Morgan fingerprint density at radius 1 is 0.640 bits per heavy atom. The van der Waals surface area contributed by atoms with E-state index in [1.54, 1.807) is 0 Å². The van der Waals surface area contributed by atoms with E-state index in [9.17, 15) is 28.8 Å². The minimum absolute atomic E-state index is 0.785. The maximum atomic E-state index is 11.4. The first-order chi connectivity index (χ1) is 11.4. The Morgan fingerprint density at radius 3 is 1.32 bits per heavy atom. The van der Waals surface area contributed by atoms with E-state index in [1.807, 2.05) is 0 Å². The standard InChI is InChI=1S/C12H17N3O10/c13-4(10(19)20)1-7(16)24-8(17)3-6(15)12(23)25-9(18)2-5(14)11(21)22/h4-6H,1-3,13-15H2,(H,19,20)(H,21,22)/t4?,5?,6-/m0/s1. The van der Waals surface area contributed by atoms with Gasteiger partial charge in [0.05, 0.1) is 19.3 Å². The highest BCUT2D eigenvalue weighted by Crippen LogP contribution is 2.01. The molecule has 0 aliphatic heterocycles. The van der Waals surface area contributed by atoms with Crippen LogP contribution in [0, 0.1) is 0 Å². The quantitative estimate of drug-likeness (QED) is 0.197. The number of hydrogen-bond donors (Lipinski definition) is 5. The fraction of sp³-hybridized carbons (Fsp3) is 0.500. The number of carboxylic acid groups (broad SMARTS) is 2. The molecule has 0 spiro atoms. The maximum absolute atomic E-state index is 11.4. The first-order valence-corrected chi connectivity index (χ1v) is 6.64. The molecule has 0 heterocycles. The van der Waals surface area contributed by atoms with Crippen molar-refractivity contribution in [2.24, 2.45) is 17.2 Å². The van der Waals surface area contributed by atoms with Crippen LogP contribution in [0.3, 0.4) is 0 Å². The number of nitrogens with two attached hydrogens (primary N) is 3. The first-order valence-electron chi connectivity index (χ1n) is 6.64. The Morgan fingerprint density at radius 2 is 0.960 bits per heavy atom. The Bertz CT molecular complexity index is 575. The number of ether oxygens (including phenoxy) is 2. The third kappa shape index (κ3) is 9.09. The van der Waals surface area contributed by atoms with E-state index in [1.165, 1.54) is 0 Å². The lowest BCUT2D eigenvalue weighted by Gasteiger charge is -2.11. The van der Waals surface area contributed by atoms with Crippen LogP contribution in [0.1, 0.15) is 19.3 Å². The average molecular weight is 363 g/mol. The van der Waals surface area contributed by atoms with E-state index >= 15 is 0 Å². The summed E-state index contributed by atoms with van der Waals surface area (Å²) in [6, 6.07) is -4.84. The molecule has 0 aromatic heterocycles. The van der Waals surface area contributed by atoms with Crippen LogP contribution in [-0.4, -0.2) is 64.2 Å². The van der Waals surface area contributed by atoms with Gasteiger partial charge in [0, 0.05) is 0 Å². The monoisotopic (exact) mass is 363 g/mol. The molecule has 0 aliphatic rings. The number of aliphatic carboxylic acids is 2. The van der Waals surface area contributed by atoms with Gasteiger partial charge in [-0.25, -0.2) is 4.79 Å². The van der Waals surface area contributed by atoms with Gasteiger partial charge in [-0.1, -0.05) is 0 Å². The van der Waals surface area contributed by atoms with Crippen LogP contribution in [-0.2, 0) is 38.2 Å². The number of carboxylic acids is 2. The van der Waals surface area contributed by atoms with Crippen LogP contribution in [0.2, 0.25) is 0 Å². The average Bonchev–Trinajstić information content (AvgIpc) is 2.45. The summed E-state index contributed by atoms with van der Waals surface area (Å²) < 4.78 is 8.40. The van der Waals surface area contributed by atoms with E-state index < -0.39 is 73.2 Å². The third-order valence-corrected chi connectivity index (χ3v) is 2.54. The Hall–Kier alpha value is -2.90. The molecular weight excluding hydrogens is 346 g/mol. The zero-order valence-electron chi connectivity index (χ0n) is 12.7. The highest BCUT2D eigenvalue weighted by molar-refractivity contribution is 5.94. The normalized spacial score (nSPS) is 13.9. The van der Waals surface area contributed by atoms with Gasteiger partial charge in [-0.15, -0.1) is 0 Å². The number of carbonyl (C=O) groups excluding carboxylic acids is 4. The van der Waals surface area contributed by atoms with Gasteiger partial charge in [0.15, 0.2) is 0 Å². The first kappa shape index (κ1) is 22.1. The molecule has 0 aromatic rings. The molecule has 0 bridgehead atoms.